The van der Waals surface area contributed by atoms with Gasteiger partial charge in [0.15, 0.2) is 17.3 Å². The van der Waals surface area contributed by atoms with Crippen molar-refractivity contribution < 1.29 is 20.1 Å². The van der Waals surface area contributed by atoms with Crippen molar-refractivity contribution in [2.24, 2.45) is 11.1 Å². The monoisotopic (exact) mass is 329 g/mol. The molecule has 0 spiro atoms. The molecule has 1 unspecified atom stereocenters. The summed E-state index contributed by atoms with van der Waals surface area (Å²) < 4.78 is 0. The lowest BCUT2D eigenvalue weighted by molar-refractivity contribution is 0.0950. The standard InChI is InChI=1S/C11H11NO3.C7H8O2/c1-6-2-7-4-8(12-15)5-10(14)11(7)9(13)3-6;1-5-2-3-6(8)7(9)4-5/h4-6,14H,2-3H2,1H3;2-4,8-9H,1H3. The maximum absolute atomic E-state index is 11.6. The molecule has 0 aliphatic heterocycles. The minimum Gasteiger partial charge on any atom is -0.507 e. The molecule has 2 aromatic carbocycles. The summed E-state index contributed by atoms with van der Waals surface area (Å²) in [5.74, 6) is -0.0559. The summed E-state index contributed by atoms with van der Waals surface area (Å²) in [5.41, 5.74) is 2.20. The van der Waals surface area contributed by atoms with Crippen LogP contribution in [0.3, 0.4) is 0 Å². The second kappa shape index (κ2) is 7.12. The Morgan fingerprint density at radius 2 is 1.71 bits per heavy atom. The highest BCUT2D eigenvalue weighted by molar-refractivity contribution is 6.01. The third-order valence-corrected chi connectivity index (χ3v) is 3.80. The van der Waals surface area contributed by atoms with E-state index in [0.29, 0.717) is 18.4 Å². The lowest BCUT2D eigenvalue weighted by atomic mass is 9.83. The topological polar surface area (TPSA) is 107 Å². The highest BCUT2D eigenvalue weighted by Crippen LogP contribution is 2.35. The van der Waals surface area contributed by atoms with Crippen LogP contribution in [-0.4, -0.2) is 21.1 Å². The quantitative estimate of drug-likeness (QED) is 0.542. The number of aromatic hydroxyl groups is 3. The molecule has 0 heterocycles. The van der Waals surface area contributed by atoms with Gasteiger partial charge < -0.3 is 15.3 Å². The molecule has 1 atom stereocenters. The molecule has 0 radical (unpaired) electrons. The van der Waals surface area contributed by atoms with Gasteiger partial charge in [-0.2, -0.15) is 0 Å². The number of rotatable bonds is 1. The number of Topliss-reactive ketones (excluding diaryl/α,β-unsaturated/α-hetero) is 1. The number of phenols is 3. The van der Waals surface area contributed by atoms with Gasteiger partial charge in [0.25, 0.3) is 0 Å². The van der Waals surface area contributed by atoms with Crippen LogP contribution in [0.2, 0.25) is 0 Å². The normalized spacial score (nSPS) is 15.9. The van der Waals surface area contributed by atoms with Gasteiger partial charge >= 0.3 is 0 Å². The molecule has 6 nitrogen and oxygen atoms in total. The van der Waals surface area contributed by atoms with Crippen molar-refractivity contribution in [3.63, 3.8) is 0 Å². The number of hydrogen-bond donors (Lipinski definition) is 3. The van der Waals surface area contributed by atoms with Gasteiger partial charge in [0, 0.05) is 12.5 Å². The van der Waals surface area contributed by atoms with Crippen molar-refractivity contribution in [3.05, 3.63) is 51.9 Å². The Balaban J connectivity index is 0.000000198. The Bertz CT molecular complexity index is 785. The number of nitroso groups, excluding NO2 is 1. The smallest absolute Gasteiger partial charge is 0.167 e. The molecule has 0 aromatic heterocycles. The van der Waals surface area contributed by atoms with Crippen molar-refractivity contribution in [3.8, 4) is 17.2 Å². The number of ketones is 1. The molecule has 0 fully saturated rings. The summed E-state index contributed by atoms with van der Waals surface area (Å²) in [6.45, 7) is 3.82. The first-order valence-corrected chi connectivity index (χ1v) is 7.52. The highest BCUT2D eigenvalue weighted by atomic mass is 16.3. The Morgan fingerprint density at radius 1 is 1.00 bits per heavy atom. The zero-order chi connectivity index (χ0) is 17.9. The second-order valence-corrected chi connectivity index (χ2v) is 6.02. The van der Waals surface area contributed by atoms with Crippen LogP contribution in [0.4, 0.5) is 5.69 Å². The summed E-state index contributed by atoms with van der Waals surface area (Å²) in [7, 11) is 0. The average molecular weight is 329 g/mol. The van der Waals surface area contributed by atoms with Crippen LogP contribution in [0.25, 0.3) is 0 Å². The van der Waals surface area contributed by atoms with E-state index in [1.54, 1.807) is 12.1 Å². The van der Waals surface area contributed by atoms with E-state index in [1.165, 1.54) is 18.2 Å². The molecule has 1 aliphatic rings. The zero-order valence-corrected chi connectivity index (χ0v) is 13.5. The third kappa shape index (κ3) is 3.90. The van der Waals surface area contributed by atoms with Crippen molar-refractivity contribution in [1.29, 1.82) is 0 Å². The van der Waals surface area contributed by atoms with Gasteiger partial charge in [0.05, 0.1) is 5.56 Å². The van der Waals surface area contributed by atoms with E-state index in [2.05, 4.69) is 5.18 Å². The number of fused-ring (bicyclic) bond motifs is 1. The van der Waals surface area contributed by atoms with E-state index >= 15 is 0 Å². The van der Waals surface area contributed by atoms with Crippen LogP contribution in [0, 0.1) is 17.7 Å². The number of aryl methyl sites for hydroxylation is 1. The summed E-state index contributed by atoms with van der Waals surface area (Å²) in [6, 6.07) is 7.52. The molecule has 24 heavy (non-hydrogen) atoms. The van der Waals surface area contributed by atoms with E-state index in [4.69, 9.17) is 10.2 Å². The molecule has 3 N–H and O–H groups in total. The molecular weight excluding hydrogens is 310 g/mol. The molecular formula is C18H19NO5. The zero-order valence-electron chi connectivity index (χ0n) is 13.5. The summed E-state index contributed by atoms with van der Waals surface area (Å²) in [4.78, 5) is 22.0. The van der Waals surface area contributed by atoms with E-state index in [1.807, 2.05) is 13.8 Å². The predicted octanol–water partition coefficient (Wildman–Crippen LogP) is 3.96. The number of hydrogen-bond acceptors (Lipinski definition) is 6. The first-order chi connectivity index (χ1) is 11.3. The van der Waals surface area contributed by atoms with E-state index < -0.39 is 0 Å². The molecule has 1 aliphatic carbocycles. The van der Waals surface area contributed by atoms with Gasteiger partial charge in [-0.3, -0.25) is 4.79 Å². The van der Waals surface area contributed by atoms with Gasteiger partial charge in [0.1, 0.15) is 11.4 Å². The molecule has 2 aromatic rings. The Hall–Kier alpha value is -2.89. The van der Waals surface area contributed by atoms with Crippen molar-refractivity contribution in [2.75, 3.05) is 0 Å². The largest absolute Gasteiger partial charge is 0.507 e. The molecule has 0 saturated heterocycles. The highest BCUT2D eigenvalue weighted by Gasteiger charge is 2.25. The van der Waals surface area contributed by atoms with Gasteiger partial charge in [-0.05, 0) is 53.8 Å². The van der Waals surface area contributed by atoms with E-state index in [9.17, 15) is 14.8 Å². The van der Waals surface area contributed by atoms with Crippen molar-refractivity contribution in [2.45, 2.75) is 26.7 Å². The first-order valence-electron chi connectivity index (χ1n) is 7.52. The number of nitrogens with zero attached hydrogens (tertiary/aromatic N) is 1. The molecule has 0 amide bonds. The Morgan fingerprint density at radius 3 is 2.29 bits per heavy atom. The van der Waals surface area contributed by atoms with Crippen LogP contribution >= 0.6 is 0 Å². The molecule has 6 heteroatoms. The summed E-state index contributed by atoms with van der Waals surface area (Å²) >= 11 is 0. The summed E-state index contributed by atoms with van der Waals surface area (Å²) in [5, 5.41) is 30.0. The van der Waals surface area contributed by atoms with Gasteiger partial charge in [0.2, 0.25) is 0 Å². The van der Waals surface area contributed by atoms with Gasteiger partial charge in [-0.25, -0.2) is 0 Å². The average Bonchev–Trinajstić information content (AvgIpc) is 2.50. The SMILES string of the molecule is CC1CC(=O)c2c(O)cc(N=O)cc2C1.Cc1ccc(O)c(O)c1. The van der Waals surface area contributed by atoms with Crippen LogP contribution < -0.4 is 0 Å². The van der Waals surface area contributed by atoms with Gasteiger partial charge in [-0.1, -0.05) is 13.0 Å². The van der Waals surface area contributed by atoms with Crippen LogP contribution in [0.15, 0.2) is 35.5 Å². The fourth-order valence-corrected chi connectivity index (χ4v) is 2.70. The first kappa shape index (κ1) is 17.5. The predicted molar refractivity (Wildman–Crippen MR) is 89.9 cm³/mol. The fraction of sp³-hybridized carbons (Fsp3) is 0.278. The van der Waals surface area contributed by atoms with Crippen molar-refractivity contribution in [1.82, 2.24) is 0 Å². The second-order valence-electron chi connectivity index (χ2n) is 6.02. The van der Waals surface area contributed by atoms with Crippen molar-refractivity contribution >= 4 is 11.5 Å². The lowest BCUT2D eigenvalue weighted by Crippen LogP contribution is -2.17. The molecule has 3 rings (SSSR count). The molecule has 0 saturated carbocycles. The lowest BCUT2D eigenvalue weighted by Gasteiger charge is -2.21. The van der Waals surface area contributed by atoms with E-state index in [0.717, 1.165) is 11.1 Å². The minimum atomic E-state index is -0.126. The minimum absolute atomic E-state index is 0.0568. The third-order valence-electron chi connectivity index (χ3n) is 3.80. The van der Waals surface area contributed by atoms with Crippen LogP contribution in [0.1, 0.15) is 34.8 Å². The maximum Gasteiger partial charge on any atom is 0.167 e. The van der Waals surface area contributed by atoms with Crippen LogP contribution in [-0.2, 0) is 6.42 Å². The number of carbonyl (C=O) groups excluding carboxylic acids is 1. The van der Waals surface area contributed by atoms with Gasteiger partial charge in [-0.15, -0.1) is 4.91 Å². The Kier molecular flexibility index (Phi) is 5.18. The number of phenolic OH excluding ortho intramolecular Hbond substituents is 3. The number of benzene rings is 2. The fourth-order valence-electron chi connectivity index (χ4n) is 2.70. The van der Waals surface area contributed by atoms with Crippen LogP contribution in [0.5, 0.6) is 17.2 Å². The molecule has 0 bridgehead atoms. The summed E-state index contributed by atoms with van der Waals surface area (Å²) in [6.07, 6.45) is 1.16. The maximum atomic E-state index is 11.6. The molecule has 126 valence electrons. The number of carbonyl (C=O) groups is 1. The Labute approximate surface area is 139 Å². The van der Waals surface area contributed by atoms with E-state index in [-0.39, 0.29) is 34.6 Å².